The van der Waals surface area contributed by atoms with E-state index in [9.17, 15) is 4.79 Å². The van der Waals surface area contributed by atoms with Crippen molar-refractivity contribution >= 4 is 17.2 Å². The van der Waals surface area contributed by atoms with Crippen LogP contribution in [-0.4, -0.2) is 11.9 Å². The molecule has 3 N–H and O–H groups in total. The molecule has 1 heterocycles. The van der Waals surface area contributed by atoms with Crippen LogP contribution in [0.3, 0.4) is 0 Å². The lowest BCUT2D eigenvalue weighted by molar-refractivity contribution is -0.124. The zero-order chi connectivity index (χ0) is 13.7. The van der Waals surface area contributed by atoms with Gasteiger partial charge in [-0.3, -0.25) is 4.79 Å². The van der Waals surface area contributed by atoms with Crippen molar-refractivity contribution < 1.29 is 4.79 Å². The minimum Gasteiger partial charge on any atom is -0.347 e. The molecule has 0 saturated carbocycles. The first-order chi connectivity index (χ1) is 8.47. The molecule has 0 spiro atoms. The van der Waals surface area contributed by atoms with Crippen LogP contribution in [-0.2, 0) is 4.79 Å². The normalized spacial score (nSPS) is 16.3. The molecule has 102 valence electrons. The summed E-state index contributed by atoms with van der Waals surface area (Å²) in [5.74, 6) is 0.523. The smallest absolute Gasteiger partial charge is 0.237 e. The van der Waals surface area contributed by atoms with Crippen LogP contribution in [0.4, 0.5) is 0 Å². The second-order valence-corrected chi connectivity index (χ2v) is 6.14. The van der Waals surface area contributed by atoms with Gasteiger partial charge < -0.3 is 11.1 Å². The predicted octanol–water partition coefficient (Wildman–Crippen LogP) is 2.93. The number of rotatable bonds is 6. The van der Waals surface area contributed by atoms with Gasteiger partial charge >= 0.3 is 0 Å². The first-order valence-electron chi connectivity index (χ1n) is 6.56. The predicted molar refractivity (Wildman–Crippen MR) is 77.5 cm³/mol. The van der Waals surface area contributed by atoms with Gasteiger partial charge in [-0.25, -0.2) is 0 Å². The third-order valence-corrected chi connectivity index (χ3v) is 4.33. The topological polar surface area (TPSA) is 55.1 Å². The van der Waals surface area contributed by atoms with Crippen LogP contribution in [0.2, 0.25) is 0 Å². The lowest BCUT2D eigenvalue weighted by Gasteiger charge is -2.25. The van der Waals surface area contributed by atoms with Crippen LogP contribution < -0.4 is 11.1 Å². The number of amides is 1. The zero-order valence-corrected chi connectivity index (χ0v) is 12.5. The van der Waals surface area contributed by atoms with Crippen molar-refractivity contribution in [1.29, 1.82) is 0 Å². The Morgan fingerprint density at radius 3 is 2.56 bits per heavy atom. The maximum atomic E-state index is 12.1. The van der Waals surface area contributed by atoms with Crippen LogP contribution in [0.1, 0.15) is 45.0 Å². The average molecular weight is 268 g/mol. The second-order valence-electron chi connectivity index (χ2n) is 5.16. The average Bonchev–Trinajstić information content (AvgIpc) is 2.86. The molecule has 18 heavy (non-hydrogen) atoms. The van der Waals surface area contributed by atoms with Crippen LogP contribution in [0, 0.1) is 11.8 Å². The molecule has 0 fully saturated rings. The molecule has 4 heteroatoms. The number of nitrogens with two attached hydrogens (primary N) is 1. The molecular weight excluding hydrogens is 244 g/mol. The van der Waals surface area contributed by atoms with Crippen LogP contribution in [0.25, 0.3) is 0 Å². The molecule has 1 aromatic heterocycles. The Labute approximate surface area is 114 Å². The maximum Gasteiger partial charge on any atom is 0.237 e. The third-order valence-electron chi connectivity index (χ3n) is 3.37. The fraction of sp³-hybridized carbons (Fsp3) is 0.643. The van der Waals surface area contributed by atoms with E-state index >= 15 is 0 Å². The van der Waals surface area contributed by atoms with Crippen molar-refractivity contribution in [3.63, 3.8) is 0 Å². The van der Waals surface area contributed by atoms with Gasteiger partial charge in [0.05, 0.1) is 12.1 Å². The summed E-state index contributed by atoms with van der Waals surface area (Å²) in [7, 11) is 0. The van der Waals surface area contributed by atoms with Gasteiger partial charge in [0.15, 0.2) is 0 Å². The summed E-state index contributed by atoms with van der Waals surface area (Å²) in [4.78, 5) is 13.3. The summed E-state index contributed by atoms with van der Waals surface area (Å²) >= 11 is 1.67. The molecule has 0 aliphatic rings. The molecular formula is C14H24N2OS. The van der Waals surface area contributed by atoms with Crippen molar-refractivity contribution in [2.45, 2.75) is 46.2 Å². The summed E-state index contributed by atoms with van der Waals surface area (Å²) in [5.41, 5.74) is 5.96. The summed E-state index contributed by atoms with van der Waals surface area (Å²) < 4.78 is 0. The highest BCUT2D eigenvalue weighted by atomic mass is 32.1. The van der Waals surface area contributed by atoms with Gasteiger partial charge in [-0.05, 0) is 23.3 Å². The van der Waals surface area contributed by atoms with Gasteiger partial charge in [0.1, 0.15) is 0 Å². The largest absolute Gasteiger partial charge is 0.347 e. The number of carbonyl (C=O) groups is 1. The van der Waals surface area contributed by atoms with Gasteiger partial charge in [0, 0.05) is 4.88 Å². The van der Waals surface area contributed by atoms with Gasteiger partial charge in [0.25, 0.3) is 0 Å². The number of nitrogens with one attached hydrogen (secondary N) is 1. The standard InChI is InChI=1S/C14H24N2OS/c1-5-10(4)12(15)14(17)16-13(9(2)3)11-7-6-8-18-11/h6-10,12-13H,5,15H2,1-4H3,(H,16,17). The summed E-state index contributed by atoms with van der Waals surface area (Å²) in [6.07, 6.45) is 0.917. The molecule has 3 nitrogen and oxygen atoms in total. The van der Waals surface area contributed by atoms with E-state index in [1.807, 2.05) is 18.4 Å². The van der Waals surface area contributed by atoms with Gasteiger partial charge in [-0.2, -0.15) is 0 Å². The molecule has 3 unspecified atom stereocenters. The highest BCUT2D eigenvalue weighted by molar-refractivity contribution is 7.10. The SMILES string of the molecule is CCC(C)C(N)C(=O)NC(c1cccs1)C(C)C. The molecule has 0 aliphatic heterocycles. The molecule has 3 atom stereocenters. The van der Waals surface area contributed by atoms with Crippen LogP contribution >= 0.6 is 11.3 Å². The van der Waals surface area contributed by atoms with E-state index in [1.54, 1.807) is 11.3 Å². The molecule has 0 bridgehead atoms. The van der Waals surface area contributed by atoms with E-state index in [1.165, 1.54) is 4.88 Å². The molecule has 1 aromatic rings. The molecule has 0 saturated heterocycles. The zero-order valence-electron chi connectivity index (χ0n) is 11.6. The molecule has 1 rings (SSSR count). The lowest BCUT2D eigenvalue weighted by atomic mass is 9.97. The minimum atomic E-state index is -0.420. The van der Waals surface area contributed by atoms with Crippen molar-refractivity contribution in [2.24, 2.45) is 17.6 Å². The summed E-state index contributed by atoms with van der Waals surface area (Å²) in [5, 5.41) is 5.11. The van der Waals surface area contributed by atoms with E-state index in [0.717, 1.165) is 6.42 Å². The Kier molecular flexibility index (Phi) is 5.82. The van der Waals surface area contributed by atoms with E-state index in [0.29, 0.717) is 5.92 Å². The Balaban J connectivity index is 2.71. The maximum absolute atomic E-state index is 12.1. The summed E-state index contributed by atoms with van der Waals surface area (Å²) in [6, 6.07) is 3.71. The quantitative estimate of drug-likeness (QED) is 0.833. The first-order valence-corrected chi connectivity index (χ1v) is 7.44. The van der Waals surface area contributed by atoms with Crippen molar-refractivity contribution in [3.05, 3.63) is 22.4 Å². The van der Waals surface area contributed by atoms with E-state index in [-0.39, 0.29) is 17.9 Å². The monoisotopic (exact) mass is 268 g/mol. The van der Waals surface area contributed by atoms with E-state index in [2.05, 4.69) is 32.2 Å². The fourth-order valence-electron chi connectivity index (χ4n) is 1.80. The highest BCUT2D eigenvalue weighted by Gasteiger charge is 2.24. The number of thiophene rings is 1. The summed E-state index contributed by atoms with van der Waals surface area (Å²) in [6.45, 7) is 8.29. The van der Waals surface area contributed by atoms with E-state index < -0.39 is 6.04 Å². The Bertz CT molecular complexity index is 362. The Hall–Kier alpha value is -0.870. The lowest BCUT2D eigenvalue weighted by Crippen LogP contribution is -2.46. The highest BCUT2D eigenvalue weighted by Crippen LogP contribution is 2.26. The second kappa shape index (κ2) is 6.90. The van der Waals surface area contributed by atoms with Crippen LogP contribution in [0.5, 0.6) is 0 Å². The first kappa shape index (κ1) is 15.2. The van der Waals surface area contributed by atoms with Crippen LogP contribution in [0.15, 0.2) is 17.5 Å². The van der Waals surface area contributed by atoms with Gasteiger partial charge in [-0.1, -0.05) is 40.2 Å². The molecule has 0 radical (unpaired) electrons. The minimum absolute atomic E-state index is 0.0450. The third kappa shape index (κ3) is 3.82. The Morgan fingerprint density at radius 1 is 1.44 bits per heavy atom. The van der Waals surface area contributed by atoms with Crippen molar-refractivity contribution in [3.8, 4) is 0 Å². The Morgan fingerprint density at radius 2 is 2.11 bits per heavy atom. The molecule has 1 amide bonds. The number of hydrogen-bond acceptors (Lipinski definition) is 3. The van der Waals surface area contributed by atoms with Gasteiger partial charge in [0.2, 0.25) is 5.91 Å². The molecule has 0 aromatic carbocycles. The number of carbonyl (C=O) groups excluding carboxylic acids is 1. The molecule has 0 aliphatic carbocycles. The number of hydrogen-bond donors (Lipinski definition) is 2. The van der Waals surface area contributed by atoms with Crippen molar-refractivity contribution in [2.75, 3.05) is 0 Å². The van der Waals surface area contributed by atoms with Crippen molar-refractivity contribution in [1.82, 2.24) is 5.32 Å². The van der Waals surface area contributed by atoms with E-state index in [4.69, 9.17) is 5.73 Å². The van der Waals surface area contributed by atoms with Gasteiger partial charge in [-0.15, -0.1) is 11.3 Å². The fourth-order valence-corrected chi connectivity index (χ4v) is 2.75.